The average molecular weight is 540 g/mol. The number of aryl methyl sites for hydroxylation is 1. The Morgan fingerprint density at radius 1 is 1.26 bits per heavy atom. The molecule has 0 radical (unpaired) electrons. The fourth-order valence-electron chi connectivity index (χ4n) is 4.39. The minimum atomic E-state index is -4.66. The number of aliphatic hydroxyl groups is 2. The number of nitrogens with zero attached hydrogens (tertiary/aromatic N) is 6. The number of aromatic nitrogens is 6. The average Bonchev–Trinajstić information content (AvgIpc) is 3.60. The van der Waals surface area contributed by atoms with E-state index < -0.39 is 42.1 Å². The van der Waals surface area contributed by atoms with Gasteiger partial charge in [0.25, 0.3) is 11.5 Å². The van der Waals surface area contributed by atoms with Crippen LogP contribution in [0.1, 0.15) is 43.8 Å². The maximum atomic E-state index is 13.3. The highest BCUT2D eigenvalue weighted by Gasteiger charge is 2.35. The minimum Gasteiger partial charge on any atom is -0.437 e. The molecule has 1 saturated carbocycles. The van der Waals surface area contributed by atoms with Gasteiger partial charge in [-0.1, -0.05) is 25.7 Å². The SMILES string of the molecule is Cn1nc(C(F)(F)F)cc1Oc1cnn(C(CC2CCCC2)C(=O)Nc2ccn(C[C@@H](O)CO)n2)c(=O)c1. The van der Waals surface area contributed by atoms with E-state index in [0.29, 0.717) is 12.5 Å². The third-order valence-electron chi connectivity index (χ3n) is 6.28. The molecule has 38 heavy (non-hydrogen) atoms. The molecule has 0 bridgehead atoms. The van der Waals surface area contributed by atoms with E-state index in [9.17, 15) is 27.9 Å². The predicted molar refractivity (Wildman–Crippen MR) is 126 cm³/mol. The molecule has 3 aromatic rings. The van der Waals surface area contributed by atoms with Crippen molar-refractivity contribution in [3.63, 3.8) is 0 Å². The molecular formula is C23H28F3N7O5. The van der Waals surface area contributed by atoms with E-state index in [2.05, 4.69) is 20.6 Å². The molecule has 2 atom stereocenters. The molecule has 3 heterocycles. The number of hydrogen-bond acceptors (Lipinski definition) is 8. The number of alkyl halides is 3. The molecule has 1 amide bonds. The smallest absolute Gasteiger partial charge is 0.435 e. The Balaban J connectivity index is 1.54. The molecule has 3 aromatic heterocycles. The first-order chi connectivity index (χ1) is 18.0. The van der Waals surface area contributed by atoms with Gasteiger partial charge < -0.3 is 20.3 Å². The van der Waals surface area contributed by atoms with Gasteiger partial charge in [-0.3, -0.25) is 14.3 Å². The van der Waals surface area contributed by atoms with Gasteiger partial charge >= 0.3 is 6.18 Å². The quantitative estimate of drug-likeness (QED) is 0.355. The topological polar surface area (TPSA) is 149 Å². The fraction of sp³-hybridized carbons (Fsp3) is 0.522. The number of amides is 1. The lowest BCUT2D eigenvalue weighted by atomic mass is 9.98. The highest BCUT2D eigenvalue weighted by atomic mass is 19.4. The van der Waals surface area contributed by atoms with Crippen molar-refractivity contribution in [3.8, 4) is 11.6 Å². The number of anilines is 1. The largest absolute Gasteiger partial charge is 0.437 e. The molecule has 206 valence electrons. The van der Waals surface area contributed by atoms with E-state index in [1.807, 2.05) is 0 Å². The summed E-state index contributed by atoms with van der Waals surface area (Å²) < 4.78 is 47.5. The van der Waals surface area contributed by atoms with Crippen molar-refractivity contribution < 1.29 is 32.9 Å². The van der Waals surface area contributed by atoms with E-state index in [-0.39, 0.29) is 29.9 Å². The van der Waals surface area contributed by atoms with Gasteiger partial charge in [0, 0.05) is 31.4 Å². The Hall–Kier alpha value is -3.72. The second-order valence-electron chi connectivity index (χ2n) is 9.22. The van der Waals surface area contributed by atoms with Crippen molar-refractivity contribution in [2.75, 3.05) is 11.9 Å². The van der Waals surface area contributed by atoms with Crippen molar-refractivity contribution in [2.24, 2.45) is 13.0 Å². The third-order valence-corrected chi connectivity index (χ3v) is 6.28. The molecule has 1 fully saturated rings. The summed E-state index contributed by atoms with van der Waals surface area (Å²) in [6, 6.07) is 2.31. The number of halogens is 3. The summed E-state index contributed by atoms with van der Waals surface area (Å²) in [5, 5.41) is 32.9. The molecule has 1 unspecified atom stereocenters. The number of carbonyl (C=O) groups is 1. The van der Waals surface area contributed by atoms with Crippen LogP contribution in [0, 0.1) is 5.92 Å². The Labute approximate surface area is 214 Å². The Kier molecular flexibility index (Phi) is 8.16. The number of hydrogen-bond donors (Lipinski definition) is 3. The van der Waals surface area contributed by atoms with Crippen molar-refractivity contribution in [1.29, 1.82) is 0 Å². The van der Waals surface area contributed by atoms with Crippen molar-refractivity contribution in [3.05, 3.63) is 46.6 Å². The van der Waals surface area contributed by atoms with Crippen molar-refractivity contribution in [2.45, 2.75) is 57.0 Å². The number of ether oxygens (including phenoxy) is 1. The maximum Gasteiger partial charge on any atom is 0.435 e. The van der Waals surface area contributed by atoms with Gasteiger partial charge in [0.1, 0.15) is 6.04 Å². The van der Waals surface area contributed by atoms with Crippen LogP contribution < -0.4 is 15.6 Å². The molecule has 0 saturated heterocycles. The van der Waals surface area contributed by atoms with Crippen molar-refractivity contribution in [1.82, 2.24) is 29.3 Å². The second-order valence-corrected chi connectivity index (χ2v) is 9.22. The predicted octanol–water partition coefficient (Wildman–Crippen LogP) is 2.10. The van der Waals surface area contributed by atoms with Crippen LogP contribution in [-0.4, -0.2) is 58.2 Å². The number of rotatable bonds is 10. The summed E-state index contributed by atoms with van der Waals surface area (Å²) in [6.07, 6.45) is 1.25. The van der Waals surface area contributed by atoms with E-state index in [0.717, 1.165) is 47.3 Å². The first-order valence-electron chi connectivity index (χ1n) is 12.0. The van der Waals surface area contributed by atoms with Crippen LogP contribution in [0.3, 0.4) is 0 Å². The van der Waals surface area contributed by atoms with Gasteiger partial charge in [0.2, 0.25) is 5.88 Å². The number of nitrogens with one attached hydrogen (secondary N) is 1. The van der Waals surface area contributed by atoms with Crippen molar-refractivity contribution >= 4 is 11.7 Å². The first-order valence-corrected chi connectivity index (χ1v) is 12.0. The van der Waals surface area contributed by atoms with Crippen LogP contribution in [0.4, 0.5) is 19.0 Å². The van der Waals surface area contributed by atoms with Crippen LogP contribution in [0.5, 0.6) is 11.6 Å². The van der Waals surface area contributed by atoms with Gasteiger partial charge in [-0.05, 0) is 12.3 Å². The molecule has 12 nitrogen and oxygen atoms in total. The lowest BCUT2D eigenvalue weighted by molar-refractivity contribution is -0.141. The highest BCUT2D eigenvalue weighted by Crippen LogP contribution is 2.33. The summed E-state index contributed by atoms with van der Waals surface area (Å²) in [6.45, 7) is -0.412. The Morgan fingerprint density at radius 2 is 2.00 bits per heavy atom. The summed E-state index contributed by atoms with van der Waals surface area (Å²) >= 11 is 0. The summed E-state index contributed by atoms with van der Waals surface area (Å²) in [7, 11) is 1.27. The number of aliphatic hydroxyl groups excluding tert-OH is 2. The minimum absolute atomic E-state index is 0.0292. The zero-order valence-electron chi connectivity index (χ0n) is 20.5. The van der Waals surface area contributed by atoms with Gasteiger partial charge in [0.15, 0.2) is 17.3 Å². The van der Waals surface area contributed by atoms with Gasteiger partial charge in [-0.2, -0.15) is 28.5 Å². The lowest BCUT2D eigenvalue weighted by Crippen LogP contribution is -2.36. The third kappa shape index (κ3) is 6.58. The van der Waals surface area contributed by atoms with Crippen LogP contribution in [0.25, 0.3) is 0 Å². The van der Waals surface area contributed by atoms with Crippen LogP contribution >= 0.6 is 0 Å². The molecule has 0 aliphatic heterocycles. The highest BCUT2D eigenvalue weighted by molar-refractivity contribution is 5.92. The van der Waals surface area contributed by atoms with E-state index in [1.165, 1.54) is 24.0 Å². The molecule has 15 heteroatoms. The Bertz CT molecular complexity index is 1310. The van der Waals surface area contributed by atoms with Gasteiger partial charge in [-0.15, -0.1) is 0 Å². The summed E-state index contributed by atoms with van der Waals surface area (Å²) in [5.74, 6) is -0.457. The normalized spacial score (nSPS) is 15.9. The molecule has 1 aliphatic carbocycles. The van der Waals surface area contributed by atoms with Gasteiger partial charge in [0.05, 0.1) is 25.5 Å². The second kappa shape index (κ2) is 11.3. The van der Waals surface area contributed by atoms with E-state index in [4.69, 9.17) is 9.84 Å². The summed E-state index contributed by atoms with van der Waals surface area (Å²) in [5.41, 5.74) is -1.81. The zero-order chi connectivity index (χ0) is 27.4. The van der Waals surface area contributed by atoms with Crippen LogP contribution in [-0.2, 0) is 24.6 Å². The molecule has 0 spiro atoms. The standard InChI is InChI=1S/C23H28F3N7O5/c1-31-21(10-18(29-31)23(24,25)26)38-16-9-20(36)33(27-11-16)17(8-14-4-2-3-5-14)22(37)28-19-6-7-32(30-19)12-15(35)13-34/h6-7,9-11,14-15,17,34-35H,2-5,8,12-13H2,1H3,(H,28,30,37)/t15-,17?/m1/s1. The van der Waals surface area contributed by atoms with E-state index >= 15 is 0 Å². The number of carbonyl (C=O) groups excluding carboxylic acids is 1. The van der Waals surface area contributed by atoms with E-state index in [1.54, 1.807) is 0 Å². The van der Waals surface area contributed by atoms with Crippen LogP contribution in [0.15, 0.2) is 35.4 Å². The summed E-state index contributed by atoms with van der Waals surface area (Å²) in [4.78, 5) is 26.2. The molecule has 1 aliphatic rings. The monoisotopic (exact) mass is 539 g/mol. The zero-order valence-corrected chi connectivity index (χ0v) is 20.5. The lowest BCUT2D eigenvalue weighted by Gasteiger charge is -2.21. The van der Waals surface area contributed by atoms with Crippen LogP contribution in [0.2, 0.25) is 0 Å². The Morgan fingerprint density at radius 3 is 2.63 bits per heavy atom. The van der Waals surface area contributed by atoms with Gasteiger partial charge in [-0.25, -0.2) is 9.36 Å². The molecule has 0 aromatic carbocycles. The molecule has 3 N–H and O–H groups in total. The maximum absolute atomic E-state index is 13.3. The molecule has 4 rings (SSSR count). The molecular weight excluding hydrogens is 511 g/mol. The first kappa shape index (κ1) is 27.3. The fourth-order valence-corrected chi connectivity index (χ4v) is 4.39.